The molecule has 128 valence electrons. The molecule has 0 unspecified atom stereocenters. The molecule has 0 fully saturated rings. The van der Waals surface area contributed by atoms with Gasteiger partial charge in [-0.3, -0.25) is 4.98 Å². The molecule has 0 radical (unpaired) electrons. The van der Waals surface area contributed by atoms with E-state index in [1.165, 1.54) is 0 Å². The van der Waals surface area contributed by atoms with Crippen molar-refractivity contribution >= 4 is 22.4 Å². The highest BCUT2D eigenvalue weighted by molar-refractivity contribution is 5.76. The zero-order valence-corrected chi connectivity index (χ0v) is 14.5. The number of aromatic nitrogens is 4. The SMILES string of the molecule is Cc1ccc(N(C)c2ccc(Oc3ncc4ccncc4n3)cc2)nc1. The number of hydrogen-bond acceptors (Lipinski definition) is 6. The molecular weight excluding hydrogens is 326 g/mol. The fourth-order valence-corrected chi connectivity index (χ4v) is 2.54. The van der Waals surface area contributed by atoms with Gasteiger partial charge >= 0.3 is 6.01 Å². The van der Waals surface area contributed by atoms with Crippen LogP contribution in [0.5, 0.6) is 11.8 Å². The number of nitrogens with zero attached hydrogens (tertiary/aromatic N) is 5. The van der Waals surface area contributed by atoms with Crippen LogP contribution >= 0.6 is 0 Å². The van der Waals surface area contributed by atoms with Crippen LogP contribution < -0.4 is 9.64 Å². The van der Waals surface area contributed by atoms with Gasteiger partial charge in [0.25, 0.3) is 0 Å². The van der Waals surface area contributed by atoms with Crippen molar-refractivity contribution < 1.29 is 4.74 Å². The average Bonchev–Trinajstić information content (AvgIpc) is 2.68. The largest absolute Gasteiger partial charge is 0.424 e. The van der Waals surface area contributed by atoms with Gasteiger partial charge in [-0.05, 0) is 48.9 Å². The van der Waals surface area contributed by atoms with Gasteiger partial charge in [0.15, 0.2) is 0 Å². The molecule has 0 N–H and O–H groups in total. The maximum absolute atomic E-state index is 5.76. The Morgan fingerprint density at radius 3 is 2.50 bits per heavy atom. The normalized spacial score (nSPS) is 10.7. The zero-order valence-electron chi connectivity index (χ0n) is 14.5. The summed E-state index contributed by atoms with van der Waals surface area (Å²) in [6.07, 6.45) is 6.99. The van der Waals surface area contributed by atoms with E-state index in [0.717, 1.165) is 28.0 Å². The minimum absolute atomic E-state index is 0.298. The molecule has 0 saturated heterocycles. The van der Waals surface area contributed by atoms with Crippen molar-refractivity contribution in [3.63, 3.8) is 0 Å². The molecule has 6 nitrogen and oxygen atoms in total. The molecule has 0 aliphatic carbocycles. The highest BCUT2D eigenvalue weighted by Gasteiger charge is 2.07. The van der Waals surface area contributed by atoms with Gasteiger partial charge in [-0.15, -0.1) is 0 Å². The van der Waals surface area contributed by atoms with E-state index in [2.05, 4.69) is 19.9 Å². The van der Waals surface area contributed by atoms with Gasteiger partial charge in [0.05, 0.1) is 11.7 Å². The smallest absolute Gasteiger partial charge is 0.322 e. The van der Waals surface area contributed by atoms with E-state index in [-0.39, 0.29) is 0 Å². The number of rotatable bonds is 4. The molecule has 1 aromatic carbocycles. The van der Waals surface area contributed by atoms with E-state index in [1.54, 1.807) is 18.6 Å². The zero-order chi connectivity index (χ0) is 17.9. The Hall–Kier alpha value is -3.54. The highest BCUT2D eigenvalue weighted by Crippen LogP contribution is 2.26. The molecule has 0 aliphatic heterocycles. The van der Waals surface area contributed by atoms with Crippen LogP contribution in [0.25, 0.3) is 10.9 Å². The second-order valence-corrected chi connectivity index (χ2v) is 5.94. The first-order valence-electron chi connectivity index (χ1n) is 8.20. The van der Waals surface area contributed by atoms with Crippen LogP contribution in [0.15, 0.2) is 67.3 Å². The minimum Gasteiger partial charge on any atom is -0.424 e. The summed E-state index contributed by atoms with van der Waals surface area (Å²) in [6, 6.07) is 13.9. The maximum atomic E-state index is 5.76. The van der Waals surface area contributed by atoms with Crippen molar-refractivity contribution in [2.75, 3.05) is 11.9 Å². The number of pyridine rings is 2. The van der Waals surface area contributed by atoms with Crippen molar-refractivity contribution in [2.45, 2.75) is 6.92 Å². The Morgan fingerprint density at radius 1 is 0.885 bits per heavy atom. The van der Waals surface area contributed by atoms with Gasteiger partial charge in [0, 0.05) is 36.7 Å². The summed E-state index contributed by atoms with van der Waals surface area (Å²) < 4.78 is 5.76. The van der Waals surface area contributed by atoms with Gasteiger partial charge in [-0.25, -0.2) is 9.97 Å². The highest BCUT2D eigenvalue weighted by atomic mass is 16.5. The molecular formula is C20H17N5O. The molecule has 4 aromatic rings. The first kappa shape index (κ1) is 16.0. The number of ether oxygens (including phenoxy) is 1. The lowest BCUT2D eigenvalue weighted by Gasteiger charge is -2.18. The van der Waals surface area contributed by atoms with Gasteiger partial charge in [0.2, 0.25) is 0 Å². The fraction of sp³-hybridized carbons (Fsp3) is 0.100. The number of fused-ring (bicyclic) bond motifs is 1. The molecule has 0 bridgehead atoms. The number of hydrogen-bond donors (Lipinski definition) is 0. The van der Waals surface area contributed by atoms with Crippen LogP contribution in [0.4, 0.5) is 11.5 Å². The fourth-order valence-electron chi connectivity index (χ4n) is 2.54. The summed E-state index contributed by atoms with van der Waals surface area (Å²) in [5.74, 6) is 1.55. The Morgan fingerprint density at radius 2 is 1.73 bits per heavy atom. The summed E-state index contributed by atoms with van der Waals surface area (Å²) in [6.45, 7) is 2.02. The van der Waals surface area contributed by atoms with E-state index >= 15 is 0 Å². The van der Waals surface area contributed by atoms with Crippen molar-refractivity contribution in [1.29, 1.82) is 0 Å². The lowest BCUT2D eigenvalue weighted by Crippen LogP contribution is -2.10. The van der Waals surface area contributed by atoms with Crippen molar-refractivity contribution in [3.05, 3.63) is 72.8 Å². The predicted octanol–water partition coefficient (Wildman–Crippen LogP) is 4.29. The van der Waals surface area contributed by atoms with E-state index < -0.39 is 0 Å². The summed E-state index contributed by atoms with van der Waals surface area (Å²) in [7, 11) is 1.98. The summed E-state index contributed by atoms with van der Waals surface area (Å²) in [5.41, 5.74) is 2.90. The van der Waals surface area contributed by atoms with Crippen molar-refractivity contribution in [1.82, 2.24) is 19.9 Å². The molecule has 0 spiro atoms. The molecule has 26 heavy (non-hydrogen) atoms. The van der Waals surface area contributed by atoms with Gasteiger partial charge < -0.3 is 9.64 Å². The Kier molecular flexibility index (Phi) is 4.15. The lowest BCUT2D eigenvalue weighted by molar-refractivity contribution is 0.444. The molecule has 3 heterocycles. The molecule has 0 saturated carbocycles. The standard InChI is InChI=1S/C20H17N5O/c1-14-3-8-19(22-11-14)25(2)16-4-6-17(7-5-16)26-20-23-12-15-9-10-21-13-18(15)24-20/h3-13H,1-2H3. The first-order chi connectivity index (χ1) is 12.7. The lowest BCUT2D eigenvalue weighted by atomic mass is 10.2. The first-order valence-corrected chi connectivity index (χ1v) is 8.20. The average molecular weight is 343 g/mol. The number of aryl methyl sites for hydroxylation is 1. The molecule has 6 heteroatoms. The van der Waals surface area contributed by atoms with Crippen LogP contribution in [-0.4, -0.2) is 27.0 Å². The third-order valence-electron chi connectivity index (χ3n) is 4.04. The van der Waals surface area contributed by atoms with E-state index in [1.807, 2.05) is 67.5 Å². The third-order valence-corrected chi connectivity index (χ3v) is 4.04. The minimum atomic E-state index is 0.298. The number of anilines is 2. The summed E-state index contributed by atoms with van der Waals surface area (Å²) >= 11 is 0. The quantitative estimate of drug-likeness (QED) is 0.551. The van der Waals surface area contributed by atoms with Crippen molar-refractivity contribution in [2.24, 2.45) is 0 Å². The van der Waals surface area contributed by atoms with Crippen LogP contribution in [-0.2, 0) is 0 Å². The van der Waals surface area contributed by atoms with Crippen LogP contribution in [0.3, 0.4) is 0 Å². The monoisotopic (exact) mass is 343 g/mol. The molecule has 4 rings (SSSR count). The summed E-state index contributed by atoms with van der Waals surface area (Å²) in [5, 5.41) is 0.926. The number of benzene rings is 1. The van der Waals surface area contributed by atoms with Crippen LogP contribution in [0.2, 0.25) is 0 Å². The molecule has 0 amide bonds. The van der Waals surface area contributed by atoms with E-state index in [0.29, 0.717) is 11.8 Å². The maximum Gasteiger partial charge on any atom is 0.322 e. The van der Waals surface area contributed by atoms with Gasteiger partial charge in [0.1, 0.15) is 11.6 Å². The van der Waals surface area contributed by atoms with Crippen molar-refractivity contribution in [3.8, 4) is 11.8 Å². The van der Waals surface area contributed by atoms with Gasteiger partial charge in [-0.2, -0.15) is 4.98 Å². The predicted molar refractivity (Wildman–Crippen MR) is 101 cm³/mol. The topological polar surface area (TPSA) is 64.0 Å². The van der Waals surface area contributed by atoms with E-state index in [9.17, 15) is 0 Å². The Balaban J connectivity index is 1.52. The Bertz CT molecular complexity index is 1030. The second-order valence-electron chi connectivity index (χ2n) is 5.94. The van der Waals surface area contributed by atoms with Crippen LogP contribution in [0.1, 0.15) is 5.56 Å². The Labute approximate surface area is 151 Å². The molecule has 0 aliphatic rings. The van der Waals surface area contributed by atoms with Crippen LogP contribution in [0, 0.1) is 6.92 Å². The molecule has 3 aromatic heterocycles. The second kappa shape index (κ2) is 6.76. The van der Waals surface area contributed by atoms with E-state index in [4.69, 9.17) is 4.74 Å². The molecule has 0 atom stereocenters. The van der Waals surface area contributed by atoms with Gasteiger partial charge in [-0.1, -0.05) is 6.07 Å². The summed E-state index contributed by atoms with van der Waals surface area (Å²) in [4.78, 5) is 19.1. The third kappa shape index (κ3) is 3.30.